The van der Waals surface area contributed by atoms with E-state index in [0.717, 1.165) is 11.4 Å². The van der Waals surface area contributed by atoms with Crippen LogP contribution in [0.1, 0.15) is 22.7 Å². The summed E-state index contributed by atoms with van der Waals surface area (Å²) in [5, 5.41) is 8.98. The van der Waals surface area contributed by atoms with Gasteiger partial charge in [-0.1, -0.05) is 18.2 Å². The summed E-state index contributed by atoms with van der Waals surface area (Å²) in [7, 11) is 0. The standard InChI is InChI=1S/C16H14N2OS/c1-11-6-7-12(8-17)16(19)18(11)9-13-10-20-15-5-3-2-4-14(13)15/h2-7,13H,9-10H2,1H3. The van der Waals surface area contributed by atoms with Crippen molar-refractivity contribution in [2.24, 2.45) is 0 Å². The number of thioether (sulfide) groups is 1. The van der Waals surface area contributed by atoms with E-state index < -0.39 is 0 Å². The van der Waals surface area contributed by atoms with E-state index in [4.69, 9.17) is 5.26 Å². The van der Waals surface area contributed by atoms with Crippen LogP contribution >= 0.6 is 11.8 Å². The Hall–Kier alpha value is -1.99. The summed E-state index contributed by atoms with van der Waals surface area (Å²) in [6.45, 7) is 2.56. The average Bonchev–Trinajstić information content (AvgIpc) is 2.87. The molecular formula is C16H14N2OS. The highest BCUT2D eigenvalue weighted by Crippen LogP contribution is 2.39. The van der Waals surface area contributed by atoms with Crippen LogP contribution in [0.15, 0.2) is 46.1 Å². The molecule has 1 aliphatic rings. The molecule has 0 saturated heterocycles. The Morgan fingerprint density at radius 1 is 1.35 bits per heavy atom. The predicted molar refractivity (Wildman–Crippen MR) is 80.1 cm³/mol. The van der Waals surface area contributed by atoms with E-state index in [1.165, 1.54) is 10.5 Å². The van der Waals surface area contributed by atoms with E-state index >= 15 is 0 Å². The van der Waals surface area contributed by atoms with Crippen molar-refractivity contribution in [1.29, 1.82) is 5.26 Å². The van der Waals surface area contributed by atoms with Gasteiger partial charge < -0.3 is 4.57 Å². The van der Waals surface area contributed by atoms with E-state index in [2.05, 4.69) is 12.1 Å². The van der Waals surface area contributed by atoms with Gasteiger partial charge in [0.2, 0.25) is 0 Å². The SMILES string of the molecule is Cc1ccc(C#N)c(=O)n1CC1CSc2ccccc21. The van der Waals surface area contributed by atoms with Gasteiger partial charge in [0.15, 0.2) is 0 Å². The molecule has 4 heteroatoms. The van der Waals surface area contributed by atoms with Crippen molar-refractivity contribution in [3.8, 4) is 6.07 Å². The van der Waals surface area contributed by atoms with Crippen molar-refractivity contribution in [3.63, 3.8) is 0 Å². The summed E-state index contributed by atoms with van der Waals surface area (Å²) >= 11 is 1.84. The molecule has 0 spiro atoms. The zero-order valence-electron chi connectivity index (χ0n) is 11.2. The molecule has 100 valence electrons. The first-order valence-corrected chi connectivity index (χ1v) is 7.51. The molecule has 1 atom stereocenters. The fourth-order valence-electron chi connectivity index (χ4n) is 2.58. The van der Waals surface area contributed by atoms with Gasteiger partial charge in [0.25, 0.3) is 5.56 Å². The monoisotopic (exact) mass is 282 g/mol. The fourth-order valence-corrected chi connectivity index (χ4v) is 3.83. The number of aromatic nitrogens is 1. The van der Waals surface area contributed by atoms with Crippen LogP contribution in [0, 0.1) is 18.3 Å². The smallest absolute Gasteiger partial charge is 0.268 e. The molecule has 3 nitrogen and oxygen atoms in total. The van der Waals surface area contributed by atoms with Crippen LogP contribution in [-0.2, 0) is 6.54 Å². The zero-order chi connectivity index (χ0) is 14.1. The van der Waals surface area contributed by atoms with Crippen LogP contribution in [-0.4, -0.2) is 10.3 Å². The lowest BCUT2D eigenvalue weighted by atomic mass is 10.0. The van der Waals surface area contributed by atoms with Gasteiger partial charge in [0.1, 0.15) is 11.6 Å². The van der Waals surface area contributed by atoms with Crippen LogP contribution in [0.4, 0.5) is 0 Å². The van der Waals surface area contributed by atoms with Crippen LogP contribution in [0.25, 0.3) is 0 Å². The number of nitriles is 1. The Morgan fingerprint density at radius 2 is 2.15 bits per heavy atom. The topological polar surface area (TPSA) is 45.8 Å². The van der Waals surface area contributed by atoms with E-state index in [9.17, 15) is 4.79 Å². The van der Waals surface area contributed by atoms with Crippen LogP contribution in [0.2, 0.25) is 0 Å². The Labute approximate surface area is 121 Å². The zero-order valence-corrected chi connectivity index (χ0v) is 12.0. The van der Waals surface area contributed by atoms with Gasteiger partial charge in [-0.3, -0.25) is 4.79 Å². The number of pyridine rings is 1. The first kappa shape index (κ1) is 13.0. The third-order valence-electron chi connectivity index (χ3n) is 3.71. The highest BCUT2D eigenvalue weighted by molar-refractivity contribution is 7.99. The maximum absolute atomic E-state index is 12.3. The normalized spacial score (nSPS) is 16.7. The minimum absolute atomic E-state index is 0.179. The highest BCUT2D eigenvalue weighted by Gasteiger charge is 2.24. The average molecular weight is 282 g/mol. The molecule has 2 heterocycles. The molecule has 20 heavy (non-hydrogen) atoms. The maximum Gasteiger partial charge on any atom is 0.268 e. The van der Waals surface area contributed by atoms with Gasteiger partial charge in [-0.05, 0) is 30.7 Å². The molecule has 0 amide bonds. The summed E-state index contributed by atoms with van der Waals surface area (Å²) in [5.41, 5.74) is 2.26. The fraction of sp³-hybridized carbons (Fsp3) is 0.250. The second-order valence-electron chi connectivity index (χ2n) is 4.96. The van der Waals surface area contributed by atoms with Crippen molar-refractivity contribution in [2.45, 2.75) is 24.3 Å². The number of rotatable bonds is 2. The Morgan fingerprint density at radius 3 is 2.95 bits per heavy atom. The van der Waals surface area contributed by atoms with Crippen LogP contribution in [0.3, 0.4) is 0 Å². The minimum atomic E-state index is -0.179. The number of fused-ring (bicyclic) bond motifs is 1. The van der Waals surface area contributed by atoms with Crippen molar-refractivity contribution < 1.29 is 0 Å². The molecule has 0 N–H and O–H groups in total. The summed E-state index contributed by atoms with van der Waals surface area (Å²) < 4.78 is 1.73. The molecule has 1 aromatic carbocycles. The molecule has 0 saturated carbocycles. The third-order valence-corrected chi connectivity index (χ3v) is 4.97. The summed E-state index contributed by atoms with van der Waals surface area (Å²) in [6.07, 6.45) is 0. The number of hydrogen-bond donors (Lipinski definition) is 0. The highest BCUT2D eigenvalue weighted by atomic mass is 32.2. The molecule has 1 unspecified atom stereocenters. The van der Waals surface area contributed by atoms with Crippen molar-refractivity contribution in [2.75, 3.05) is 5.75 Å². The number of aryl methyl sites for hydroxylation is 1. The van der Waals surface area contributed by atoms with Gasteiger partial charge >= 0.3 is 0 Å². The van der Waals surface area contributed by atoms with Gasteiger partial charge in [0, 0.05) is 28.8 Å². The van der Waals surface area contributed by atoms with Crippen molar-refractivity contribution in [1.82, 2.24) is 4.57 Å². The summed E-state index contributed by atoms with van der Waals surface area (Å²) in [5.74, 6) is 1.32. The largest absolute Gasteiger partial charge is 0.311 e. The second-order valence-corrected chi connectivity index (χ2v) is 6.02. The molecule has 2 aromatic rings. The van der Waals surface area contributed by atoms with Crippen molar-refractivity contribution in [3.05, 3.63) is 63.6 Å². The lowest BCUT2D eigenvalue weighted by Gasteiger charge is -2.15. The molecule has 0 bridgehead atoms. The summed E-state index contributed by atoms with van der Waals surface area (Å²) in [4.78, 5) is 13.6. The van der Waals surface area contributed by atoms with E-state index in [-0.39, 0.29) is 11.1 Å². The molecule has 0 aliphatic carbocycles. The Balaban J connectivity index is 1.98. The van der Waals surface area contributed by atoms with Crippen LogP contribution < -0.4 is 5.56 Å². The molecular weight excluding hydrogens is 268 g/mol. The van der Waals surface area contributed by atoms with E-state index in [1.807, 2.05) is 43.0 Å². The predicted octanol–water partition coefficient (Wildman–Crippen LogP) is 2.92. The lowest BCUT2D eigenvalue weighted by molar-refractivity contribution is 0.574. The molecule has 0 radical (unpaired) electrons. The maximum atomic E-state index is 12.3. The number of hydrogen-bond acceptors (Lipinski definition) is 3. The first-order chi connectivity index (χ1) is 9.70. The Bertz CT molecular complexity index is 758. The second kappa shape index (κ2) is 5.18. The third kappa shape index (κ3) is 2.14. The van der Waals surface area contributed by atoms with Gasteiger partial charge in [-0.15, -0.1) is 11.8 Å². The first-order valence-electron chi connectivity index (χ1n) is 6.53. The number of benzene rings is 1. The molecule has 1 aliphatic heterocycles. The molecule has 3 rings (SSSR count). The minimum Gasteiger partial charge on any atom is -0.311 e. The Kier molecular flexibility index (Phi) is 3.37. The van der Waals surface area contributed by atoms with Crippen LogP contribution in [0.5, 0.6) is 0 Å². The van der Waals surface area contributed by atoms with E-state index in [1.54, 1.807) is 10.6 Å². The number of nitrogens with zero attached hydrogens (tertiary/aromatic N) is 2. The van der Waals surface area contributed by atoms with Gasteiger partial charge in [-0.25, -0.2) is 0 Å². The molecule has 0 fully saturated rings. The molecule has 1 aromatic heterocycles. The lowest BCUT2D eigenvalue weighted by Crippen LogP contribution is -2.27. The quantitative estimate of drug-likeness (QED) is 0.850. The van der Waals surface area contributed by atoms with E-state index in [0.29, 0.717) is 12.5 Å². The van der Waals surface area contributed by atoms with Crippen molar-refractivity contribution >= 4 is 11.8 Å². The van der Waals surface area contributed by atoms with Gasteiger partial charge in [-0.2, -0.15) is 5.26 Å². The van der Waals surface area contributed by atoms with Gasteiger partial charge in [0.05, 0.1) is 0 Å². The summed E-state index contributed by atoms with van der Waals surface area (Å²) in [6, 6.07) is 13.8.